The van der Waals surface area contributed by atoms with Gasteiger partial charge in [0.15, 0.2) is 17.5 Å². The molecule has 11 aromatic rings. The first-order chi connectivity index (χ1) is 27.7. The van der Waals surface area contributed by atoms with Gasteiger partial charge in [-0.2, -0.15) is 0 Å². The van der Waals surface area contributed by atoms with Crippen molar-refractivity contribution in [3.05, 3.63) is 188 Å². The van der Waals surface area contributed by atoms with Crippen LogP contribution in [0.3, 0.4) is 0 Å². The average Bonchev–Trinajstić information content (AvgIpc) is 3.85. The number of hydrogen-bond acceptors (Lipinski definition) is 5. The Balaban J connectivity index is 1.02. The fourth-order valence-electron chi connectivity index (χ4n) is 7.85. The molecule has 3 aromatic heterocycles. The normalized spacial score (nSPS) is 11.6. The molecule has 0 saturated carbocycles. The van der Waals surface area contributed by atoms with E-state index in [1.165, 1.54) is 42.4 Å². The Morgan fingerprint density at radius 1 is 0.321 bits per heavy atom. The van der Waals surface area contributed by atoms with Crippen LogP contribution in [0.25, 0.3) is 110 Å². The molecule has 0 saturated heterocycles. The zero-order chi connectivity index (χ0) is 37.0. The second kappa shape index (κ2) is 13.3. The van der Waals surface area contributed by atoms with Crippen molar-refractivity contribution in [1.29, 1.82) is 0 Å². The minimum absolute atomic E-state index is 0.588. The summed E-state index contributed by atoms with van der Waals surface area (Å²) in [6.45, 7) is 0. The lowest BCUT2D eigenvalue weighted by atomic mass is 9.91. The Morgan fingerprint density at radius 2 is 0.857 bits per heavy atom. The maximum atomic E-state index is 6.63. The van der Waals surface area contributed by atoms with Crippen molar-refractivity contribution < 1.29 is 4.42 Å². The maximum Gasteiger partial charge on any atom is 0.164 e. The molecule has 11 rings (SSSR count). The van der Waals surface area contributed by atoms with E-state index in [4.69, 9.17) is 19.4 Å². The van der Waals surface area contributed by atoms with E-state index in [1.54, 1.807) is 0 Å². The van der Waals surface area contributed by atoms with E-state index >= 15 is 0 Å². The van der Waals surface area contributed by atoms with Gasteiger partial charge in [0, 0.05) is 47.6 Å². The molecule has 0 fully saturated rings. The van der Waals surface area contributed by atoms with E-state index in [2.05, 4.69) is 152 Å². The van der Waals surface area contributed by atoms with Crippen LogP contribution in [0.15, 0.2) is 192 Å². The van der Waals surface area contributed by atoms with E-state index in [1.807, 2.05) is 47.7 Å². The first kappa shape index (κ1) is 32.2. The molecule has 0 atom stereocenters. The number of thiophene rings is 1. The van der Waals surface area contributed by atoms with Gasteiger partial charge in [-0.1, -0.05) is 158 Å². The number of nitrogens with zero attached hydrogens (tertiary/aromatic N) is 3. The van der Waals surface area contributed by atoms with Crippen molar-refractivity contribution in [2.75, 3.05) is 0 Å². The second-order valence-corrected chi connectivity index (χ2v) is 15.0. The van der Waals surface area contributed by atoms with Crippen LogP contribution in [0, 0.1) is 0 Å². The lowest BCUT2D eigenvalue weighted by Crippen LogP contribution is -2.00. The summed E-state index contributed by atoms with van der Waals surface area (Å²) in [5, 5.41) is 4.74. The summed E-state index contributed by atoms with van der Waals surface area (Å²) in [6, 6.07) is 65.7. The van der Waals surface area contributed by atoms with Gasteiger partial charge in [0.05, 0.1) is 0 Å². The molecular weight excluding hydrogens is 703 g/mol. The zero-order valence-corrected chi connectivity index (χ0v) is 30.9. The van der Waals surface area contributed by atoms with Gasteiger partial charge < -0.3 is 4.42 Å². The lowest BCUT2D eigenvalue weighted by Gasteiger charge is -2.12. The summed E-state index contributed by atoms with van der Waals surface area (Å²) in [5.41, 5.74) is 11.3. The minimum atomic E-state index is 0.588. The third-order valence-corrected chi connectivity index (χ3v) is 11.7. The minimum Gasteiger partial charge on any atom is -0.456 e. The topological polar surface area (TPSA) is 51.8 Å². The van der Waals surface area contributed by atoms with Crippen LogP contribution < -0.4 is 0 Å². The number of benzene rings is 8. The predicted molar refractivity (Wildman–Crippen MR) is 233 cm³/mol. The fraction of sp³-hybridized carbons (Fsp3) is 0. The Bertz CT molecular complexity index is 3240. The molecule has 3 heterocycles. The molecule has 5 heteroatoms. The van der Waals surface area contributed by atoms with Crippen molar-refractivity contribution in [1.82, 2.24) is 15.0 Å². The van der Waals surface area contributed by atoms with Gasteiger partial charge in [-0.05, 0) is 63.7 Å². The number of rotatable bonds is 6. The van der Waals surface area contributed by atoms with Crippen molar-refractivity contribution in [3.8, 4) is 67.5 Å². The van der Waals surface area contributed by atoms with Gasteiger partial charge >= 0.3 is 0 Å². The summed E-state index contributed by atoms with van der Waals surface area (Å²) >= 11 is 1.85. The number of furan rings is 1. The molecule has 0 aliphatic heterocycles. The highest BCUT2D eigenvalue weighted by Crippen LogP contribution is 2.43. The quantitative estimate of drug-likeness (QED) is 0.171. The van der Waals surface area contributed by atoms with Crippen molar-refractivity contribution in [3.63, 3.8) is 0 Å². The van der Waals surface area contributed by atoms with Crippen molar-refractivity contribution >= 4 is 53.4 Å². The molecule has 4 nitrogen and oxygen atoms in total. The van der Waals surface area contributed by atoms with Crippen molar-refractivity contribution in [2.24, 2.45) is 0 Å². The zero-order valence-electron chi connectivity index (χ0n) is 30.1. The molecule has 8 aromatic carbocycles. The molecule has 0 spiro atoms. The molecule has 56 heavy (non-hydrogen) atoms. The molecule has 0 aliphatic rings. The van der Waals surface area contributed by atoms with Crippen LogP contribution >= 0.6 is 11.3 Å². The number of aromatic nitrogens is 3. The molecule has 0 radical (unpaired) electrons. The molecule has 0 unspecified atom stereocenters. The van der Waals surface area contributed by atoms with Gasteiger partial charge in [-0.3, -0.25) is 0 Å². The highest BCUT2D eigenvalue weighted by Gasteiger charge is 2.19. The van der Waals surface area contributed by atoms with Crippen LogP contribution in [-0.4, -0.2) is 15.0 Å². The fourth-order valence-corrected chi connectivity index (χ4v) is 8.99. The van der Waals surface area contributed by atoms with Gasteiger partial charge in [0.2, 0.25) is 0 Å². The number of hydrogen-bond donors (Lipinski definition) is 0. The van der Waals surface area contributed by atoms with E-state index in [0.717, 1.165) is 49.8 Å². The van der Waals surface area contributed by atoms with Crippen LogP contribution in [0.5, 0.6) is 0 Å². The van der Waals surface area contributed by atoms with Crippen LogP contribution in [0.2, 0.25) is 0 Å². The summed E-state index contributed by atoms with van der Waals surface area (Å²) in [5.74, 6) is 1.83. The van der Waals surface area contributed by atoms with Crippen LogP contribution in [0.1, 0.15) is 0 Å². The number of fused-ring (bicyclic) bond motifs is 6. The van der Waals surface area contributed by atoms with Gasteiger partial charge in [0.25, 0.3) is 0 Å². The first-order valence-corrected chi connectivity index (χ1v) is 19.5. The maximum absolute atomic E-state index is 6.63. The van der Waals surface area contributed by atoms with Gasteiger partial charge in [0.1, 0.15) is 11.2 Å². The largest absolute Gasteiger partial charge is 0.456 e. The highest BCUT2D eigenvalue weighted by atomic mass is 32.1. The molecule has 0 aliphatic carbocycles. The standard InChI is InChI=1S/C51H31N3OS/c1-3-12-32(13-4-1)33-22-24-35(25-23-33)50-52-49(34-14-5-2-6-15-34)53-51(54-50)37-27-29-43-45(30-37)55-44-20-11-19-42(48(43)44)39-17-8-7-16-38(39)36-26-28-41-40-18-9-10-21-46(40)56-47(41)31-36/h1-31H. The highest BCUT2D eigenvalue weighted by molar-refractivity contribution is 7.25. The Hall–Kier alpha value is -7.21. The summed E-state index contributed by atoms with van der Waals surface area (Å²) in [7, 11) is 0. The lowest BCUT2D eigenvalue weighted by molar-refractivity contribution is 0.669. The van der Waals surface area contributed by atoms with Crippen molar-refractivity contribution in [2.45, 2.75) is 0 Å². The van der Waals surface area contributed by atoms with E-state index in [0.29, 0.717) is 17.5 Å². The third kappa shape index (κ3) is 5.56. The molecule has 262 valence electrons. The van der Waals surface area contributed by atoms with E-state index in [-0.39, 0.29) is 0 Å². The van der Waals surface area contributed by atoms with Crippen LogP contribution in [-0.2, 0) is 0 Å². The molecular formula is C51H31N3OS. The summed E-state index contributed by atoms with van der Waals surface area (Å²) < 4.78 is 9.23. The Kier molecular flexibility index (Phi) is 7.64. The first-order valence-electron chi connectivity index (χ1n) is 18.7. The Morgan fingerprint density at radius 3 is 1.64 bits per heavy atom. The predicted octanol–water partition coefficient (Wildman–Crippen LogP) is 14.1. The van der Waals surface area contributed by atoms with E-state index < -0.39 is 0 Å². The molecule has 0 bridgehead atoms. The van der Waals surface area contributed by atoms with Crippen LogP contribution in [0.4, 0.5) is 0 Å². The smallest absolute Gasteiger partial charge is 0.164 e. The van der Waals surface area contributed by atoms with Gasteiger partial charge in [-0.25, -0.2) is 15.0 Å². The molecule has 0 N–H and O–H groups in total. The average molecular weight is 734 g/mol. The Labute approximate surface area is 327 Å². The second-order valence-electron chi connectivity index (χ2n) is 14.0. The SMILES string of the molecule is c1ccc(-c2ccc(-c3nc(-c4ccccc4)nc(-c4ccc5c(c4)oc4cccc(-c6ccccc6-c6ccc7c(c6)sc6ccccc67)c45)n3)cc2)cc1. The third-order valence-electron chi connectivity index (χ3n) is 10.6. The van der Waals surface area contributed by atoms with E-state index in [9.17, 15) is 0 Å². The molecule has 0 amide bonds. The summed E-state index contributed by atoms with van der Waals surface area (Å²) in [4.78, 5) is 15.0. The summed E-state index contributed by atoms with van der Waals surface area (Å²) in [6.07, 6.45) is 0. The van der Waals surface area contributed by atoms with Gasteiger partial charge in [-0.15, -0.1) is 11.3 Å². The monoisotopic (exact) mass is 733 g/mol.